The first-order chi connectivity index (χ1) is 11.1. The summed E-state index contributed by atoms with van der Waals surface area (Å²) in [5.74, 6) is 0.751. The van der Waals surface area contributed by atoms with Crippen molar-refractivity contribution < 1.29 is 4.79 Å². The zero-order valence-electron chi connectivity index (χ0n) is 11.7. The van der Waals surface area contributed by atoms with Crippen molar-refractivity contribution in [2.45, 2.75) is 18.9 Å². The Morgan fingerprint density at radius 2 is 2.22 bits per heavy atom. The molecular weight excluding hydrogens is 386 g/mol. The molecule has 0 radical (unpaired) electrons. The number of H-pyrrole nitrogens is 1. The fourth-order valence-electron chi connectivity index (χ4n) is 2.13. The van der Waals surface area contributed by atoms with Gasteiger partial charge in [0.2, 0.25) is 11.2 Å². The molecule has 3 N–H and O–H groups in total. The predicted molar refractivity (Wildman–Crippen MR) is 88.1 cm³/mol. The maximum Gasteiger partial charge on any atom is 0.269 e. The Morgan fingerprint density at radius 3 is 3.00 bits per heavy atom. The van der Waals surface area contributed by atoms with Crippen molar-refractivity contribution >= 4 is 50.9 Å². The van der Waals surface area contributed by atoms with Crippen LogP contribution in [0.1, 0.15) is 23.3 Å². The quantitative estimate of drug-likeness (QED) is 0.629. The van der Waals surface area contributed by atoms with Gasteiger partial charge in [0, 0.05) is 22.8 Å². The number of amides is 1. The summed E-state index contributed by atoms with van der Waals surface area (Å²) in [6.45, 7) is 0. The summed E-state index contributed by atoms with van der Waals surface area (Å²) in [5.41, 5.74) is 1.03. The SMILES string of the molecule is O=C(NC1CC1)c1cc(Nc2nc(Cl)nc3cc(Br)cn23)n[nH]1. The topological polar surface area (TPSA) is 100 Å². The van der Waals surface area contributed by atoms with Crippen molar-refractivity contribution in [3.63, 3.8) is 0 Å². The number of rotatable bonds is 4. The molecule has 0 atom stereocenters. The minimum atomic E-state index is -0.164. The van der Waals surface area contributed by atoms with Crippen LogP contribution in [0.25, 0.3) is 5.65 Å². The van der Waals surface area contributed by atoms with Crippen molar-refractivity contribution in [1.29, 1.82) is 0 Å². The van der Waals surface area contributed by atoms with Crippen LogP contribution < -0.4 is 10.6 Å². The molecule has 10 heteroatoms. The Morgan fingerprint density at radius 1 is 1.39 bits per heavy atom. The summed E-state index contributed by atoms with van der Waals surface area (Å²) in [5, 5.41) is 12.8. The Balaban J connectivity index is 1.60. The third-order valence-electron chi connectivity index (χ3n) is 3.37. The lowest BCUT2D eigenvalue weighted by molar-refractivity contribution is 0.0946. The molecule has 4 rings (SSSR count). The summed E-state index contributed by atoms with van der Waals surface area (Å²) >= 11 is 9.32. The van der Waals surface area contributed by atoms with Crippen LogP contribution in [-0.4, -0.2) is 36.5 Å². The van der Waals surface area contributed by atoms with E-state index in [1.807, 2.05) is 6.07 Å². The highest BCUT2D eigenvalue weighted by Gasteiger charge is 2.24. The second-order valence-electron chi connectivity index (χ2n) is 5.24. The normalized spacial score (nSPS) is 14.2. The predicted octanol–water partition coefficient (Wildman–Crippen LogP) is 2.50. The summed E-state index contributed by atoms with van der Waals surface area (Å²) in [6, 6.07) is 3.73. The van der Waals surface area contributed by atoms with Gasteiger partial charge in [-0.2, -0.15) is 15.1 Å². The molecule has 0 saturated heterocycles. The van der Waals surface area contributed by atoms with Gasteiger partial charge >= 0.3 is 0 Å². The van der Waals surface area contributed by atoms with Gasteiger partial charge in [-0.15, -0.1) is 0 Å². The minimum Gasteiger partial charge on any atom is -0.348 e. The largest absolute Gasteiger partial charge is 0.348 e. The first kappa shape index (κ1) is 14.5. The van der Waals surface area contributed by atoms with Gasteiger partial charge < -0.3 is 10.6 Å². The molecule has 1 fully saturated rings. The summed E-state index contributed by atoms with van der Waals surface area (Å²) in [6.07, 6.45) is 3.87. The Bertz CT molecular complexity index is 901. The van der Waals surface area contributed by atoms with E-state index in [1.165, 1.54) is 0 Å². The van der Waals surface area contributed by atoms with Gasteiger partial charge in [0.25, 0.3) is 5.91 Å². The highest BCUT2D eigenvalue weighted by Crippen LogP contribution is 2.22. The smallest absolute Gasteiger partial charge is 0.269 e. The average Bonchev–Trinajstić information content (AvgIpc) is 3.04. The van der Waals surface area contributed by atoms with Gasteiger partial charge in [-0.25, -0.2) is 0 Å². The molecule has 1 aliphatic rings. The van der Waals surface area contributed by atoms with E-state index in [4.69, 9.17) is 11.6 Å². The number of halogens is 2. The zero-order chi connectivity index (χ0) is 16.0. The molecule has 1 amide bonds. The fraction of sp³-hybridized carbons (Fsp3) is 0.231. The van der Waals surface area contributed by atoms with E-state index in [2.05, 4.69) is 46.7 Å². The van der Waals surface area contributed by atoms with Crippen LogP contribution in [0.2, 0.25) is 5.28 Å². The standard InChI is InChI=1S/C13H11BrClN7O/c14-6-3-10-18-12(15)19-13(22(10)5-6)17-9-4-8(20-21-9)11(23)16-7-1-2-7/h3-5,7H,1-2H2,(H,16,23)(H2,17,18,19,20,21). The fourth-order valence-corrected chi connectivity index (χ4v) is 2.71. The molecule has 0 unspecified atom stereocenters. The summed E-state index contributed by atoms with van der Waals surface area (Å²) in [7, 11) is 0. The minimum absolute atomic E-state index is 0.118. The first-order valence-corrected chi connectivity index (χ1v) is 8.10. The van der Waals surface area contributed by atoms with E-state index in [0.29, 0.717) is 29.1 Å². The second-order valence-corrected chi connectivity index (χ2v) is 6.50. The number of aromatic amines is 1. The monoisotopic (exact) mass is 395 g/mol. The van der Waals surface area contributed by atoms with E-state index in [9.17, 15) is 4.79 Å². The van der Waals surface area contributed by atoms with Crippen LogP contribution >= 0.6 is 27.5 Å². The molecule has 0 spiro atoms. The number of aromatic nitrogens is 5. The Labute approximate surface area is 143 Å². The van der Waals surface area contributed by atoms with E-state index in [-0.39, 0.29) is 11.2 Å². The summed E-state index contributed by atoms with van der Waals surface area (Å²) < 4.78 is 2.58. The highest BCUT2D eigenvalue weighted by molar-refractivity contribution is 9.10. The number of hydrogen-bond donors (Lipinski definition) is 3. The van der Waals surface area contributed by atoms with Crippen molar-refractivity contribution in [3.8, 4) is 0 Å². The summed E-state index contributed by atoms with van der Waals surface area (Å²) in [4.78, 5) is 20.2. The van der Waals surface area contributed by atoms with Gasteiger partial charge in [0.1, 0.15) is 11.3 Å². The molecule has 3 heterocycles. The van der Waals surface area contributed by atoms with Gasteiger partial charge in [-0.3, -0.25) is 14.3 Å². The maximum absolute atomic E-state index is 12.0. The van der Waals surface area contributed by atoms with Crippen LogP contribution in [0, 0.1) is 0 Å². The molecule has 0 aliphatic heterocycles. The van der Waals surface area contributed by atoms with Crippen molar-refractivity contribution in [3.05, 3.63) is 33.8 Å². The lowest BCUT2D eigenvalue weighted by Gasteiger charge is -2.05. The van der Waals surface area contributed by atoms with E-state index in [0.717, 1.165) is 17.3 Å². The third-order valence-corrected chi connectivity index (χ3v) is 3.98. The van der Waals surface area contributed by atoms with Crippen LogP contribution in [0.4, 0.5) is 11.8 Å². The number of carbonyl (C=O) groups is 1. The Hall–Kier alpha value is -2.13. The van der Waals surface area contributed by atoms with Crippen molar-refractivity contribution in [2.24, 2.45) is 0 Å². The molecule has 0 aromatic carbocycles. The number of nitrogens with one attached hydrogen (secondary N) is 3. The van der Waals surface area contributed by atoms with Gasteiger partial charge in [0.05, 0.1) is 0 Å². The van der Waals surface area contributed by atoms with E-state index < -0.39 is 0 Å². The molecule has 8 nitrogen and oxygen atoms in total. The van der Waals surface area contributed by atoms with Crippen LogP contribution in [0.3, 0.4) is 0 Å². The van der Waals surface area contributed by atoms with Crippen molar-refractivity contribution in [1.82, 2.24) is 29.9 Å². The molecular formula is C13H11BrClN7O. The number of anilines is 2. The van der Waals surface area contributed by atoms with Crippen LogP contribution in [0.5, 0.6) is 0 Å². The van der Waals surface area contributed by atoms with E-state index >= 15 is 0 Å². The number of hydrogen-bond acceptors (Lipinski definition) is 5. The van der Waals surface area contributed by atoms with Gasteiger partial charge in [-0.1, -0.05) is 0 Å². The molecule has 3 aromatic rings. The lowest BCUT2D eigenvalue weighted by atomic mass is 10.4. The van der Waals surface area contributed by atoms with Crippen molar-refractivity contribution in [2.75, 3.05) is 5.32 Å². The molecule has 3 aromatic heterocycles. The van der Waals surface area contributed by atoms with Crippen LogP contribution in [0.15, 0.2) is 22.8 Å². The molecule has 23 heavy (non-hydrogen) atoms. The van der Waals surface area contributed by atoms with Gasteiger partial charge in [0.15, 0.2) is 5.82 Å². The molecule has 0 bridgehead atoms. The molecule has 1 aliphatic carbocycles. The molecule has 118 valence electrons. The van der Waals surface area contributed by atoms with E-state index in [1.54, 1.807) is 16.7 Å². The highest BCUT2D eigenvalue weighted by atomic mass is 79.9. The second kappa shape index (κ2) is 5.50. The zero-order valence-corrected chi connectivity index (χ0v) is 14.0. The number of carbonyl (C=O) groups excluding carboxylic acids is 1. The lowest BCUT2D eigenvalue weighted by Crippen LogP contribution is -2.25. The molecule has 1 saturated carbocycles. The van der Waals surface area contributed by atoms with Gasteiger partial charge in [-0.05, 0) is 46.4 Å². The van der Waals surface area contributed by atoms with Crippen LogP contribution in [-0.2, 0) is 0 Å². The third kappa shape index (κ3) is 3.02. The maximum atomic E-state index is 12.0. The number of fused-ring (bicyclic) bond motifs is 1. The Kier molecular flexibility index (Phi) is 3.46. The number of nitrogens with zero attached hydrogens (tertiary/aromatic N) is 4. The first-order valence-electron chi connectivity index (χ1n) is 6.93. The average molecular weight is 397 g/mol.